The summed E-state index contributed by atoms with van der Waals surface area (Å²) in [6.45, 7) is 5.23. The van der Waals surface area contributed by atoms with E-state index in [0.717, 1.165) is 29.5 Å². The third-order valence-corrected chi connectivity index (χ3v) is 7.77. The summed E-state index contributed by atoms with van der Waals surface area (Å²) in [5.74, 6) is -0.475. The first-order chi connectivity index (χ1) is 17.7. The maximum atomic E-state index is 15.1. The number of hydrogen-bond acceptors (Lipinski definition) is 5. The number of aliphatic carboxylic acids is 1. The molecule has 0 saturated heterocycles. The van der Waals surface area contributed by atoms with Crippen LogP contribution in [0, 0.1) is 5.82 Å². The quantitative estimate of drug-likeness (QED) is 0.598. The lowest BCUT2D eigenvalue weighted by Crippen LogP contribution is -2.44. The van der Waals surface area contributed by atoms with Crippen molar-refractivity contribution in [1.82, 2.24) is 4.90 Å². The number of ether oxygens (including phenoxy) is 2. The smallest absolute Gasteiger partial charge is 0.303 e. The number of fused-ring (bicyclic) bond motifs is 4. The number of carboxylic acid groups (broad SMARTS) is 1. The second-order valence-electron chi connectivity index (χ2n) is 10.8. The van der Waals surface area contributed by atoms with E-state index >= 15 is 4.39 Å². The number of benzene rings is 2. The number of carbonyl (C=O) groups excluding carboxylic acids is 2. The van der Waals surface area contributed by atoms with E-state index in [9.17, 15) is 14.4 Å². The number of Topliss-reactive ketones (excluding diaryl/α,β-unsaturated/α-hetero) is 1. The predicted molar refractivity (Wildman–Crippen MR) is 134 cm³/mol. The van der Waals surface area contributed by atoms with Crippen LogP contribution in [0.3, 0.4) is 0 Å². The van der Waals surface area contributed by atoms with E-state index < -0.39 is 12.0 Å². The fraction of sp³-hybridized carbons (Fsp3) is 0.483. The van der Waals surface area contributed by atoms with Crippen molar-refractivity contribution < 1.29 is 33.4 Å². The van der Waals surface area contributed by atoms with Crippen LogP contribution < -0.4 is 9.47 Å². The molecule has 3 aliphatic rings. The van der Waals surface area contributed by atoms with Crippen molar-refractivity contribution in [1.29, 1.82) is 0 Å². The average Bonchev–Trinajstić information content (AvgIpc) is 3.17. The summed E-state index contributed by atoms with van der Waals surface area (Å²) in [4.78, 5) is 39.5. The number of amides is 1. The molecule has 0 saturated carbocycles. The van der Waals surface area contributed by atoms with E-state index in [1.165, 1.54) is 6.07 Å². The van der Waals surface area contributed by atoms with Gasteiger partial charge >= 0.3 is 5.97 Å². The van der Waals surface area contributed by atoms with Gasteiger partial charge in [-0.3, -0.25) is 14.4 Å². The van der Waals surface area contributed by atoms with Crippen molar-refractivity contribution in [3.8, 4) is 11.5 Å². The molecule has 0 fully saturated rings. The maximum absolute atomic E-state index is 15.1. The van der Waals surface area contributed by atoms with Gasteiger partial charge in [0.1, 0.15) is 25.1 Å². The minimum absolute atomic E-state index is 0.0118. The van der Waals surface area contributed by atoms with E-state index in [1.54, 1.807) is 11.0 Å². The number of aryl methyl sites for hydroxylation is 1. The van der Waals surface area contributed by atoms with Crippen LogP contribution in [0.4, 0.5) is 4.39 Å². The third kappa shape index (κ3) is 4.81. The Morgan fingerprint density at radius 1 is 1.11 bits per heavy atom. The standard InChI is InChI=1S/C29H32FNO6/c1-29(2)10-8-18-14-17(15-21(30)26(18)29)16-22(32)27-19-6-7-23-28(37-13-12-36-23)20(19)9-11-31(27)24(33)4-3-5-25(34)35/h6-7,14-15,27H,3-5,8-13,16H2,1-2H3,(H,34,35)/t27-/m1/s1. The van der Waals surface area contributed by atoms with Crippen LogP contribution in [0.5, 0.6) is 11.5 Å². The van der Waals surface area contributed by atoms with Crippen LogP contribution in [0.2, 0.25) is 0 Å². The molecule has 0 unspecified atom stereocenters. The molecule has 1 aliphatic carbocycles. The SMILES string of the molecule is CC1(C)CCc2cc(CC(=O)[C@H]3c4ccc5c(c4CCN3C(=O)CCCC(=O)O)OCCO5)cc(F)c21. The normalized spacial score (nSPS) is 19.2. The zero-order chi connectivity index (χ0) is 26.3. The van der Waals surface area contributed by atoms with Crippen molar-refractivity contribution in [2.45, 2.75) is 70.3 Å². The molecule has 1 amide bonds. The molecule has 8 heteroatoms. The number of rotatable bonds is 7. The molecule has 2 heterocycles. The summed E-state index contributed by atoms with van der Waals surface area (Å²) >= 11 is 0. The van der Waals surface area contributed by atoms with Gasteiger partial charge in [0.2, 0.25) is 5.91 Å². The zero-order valence-electron chi connectivity index (χ0n) is 21.3. The highest BCUT2D eigenvalue weighted by atomic mass is 19.1. The van der Waals surface area contributed by atoms with Gasteiger partial charge in [-0.1, -0.05) is 26.0 Å². The Morgan fingerprint density at radius 3 is 2.68 bits per heavy atom. The molecule has 1 atom stereocenters. The molecule has 0 bridgehead atoms. The van der Waals surface area contributed by atoms with E-state index in [-0.39, 0.29) is 48.6 Å². The highest BCUT2D eigenvalue weighted by molar-refractivity contribution is 5.92. The van der Waals surface area contributed by atoms with Gasteiger partial charge in [-0.2, -0.15) is 0 Å². The molecule has 2 aromatic carbocycles. The Hall–Kier alpha value is -3.42. The summed E-state index contributed by atoms with van der Waals surface area (Å²) in [5.41, 5.74) is 3.58. The molecule has 0 aromatic heterocycles. The van der Waals surface area contributed by atoms with Crippen molar-refractivity contribution in [3.63, 3.8) is 0 Å². The third-order valence-electron chi connectivity index (χ3n) is 7.77. The molecule has 0 spiro atoms. The minimum atomic E-state index is -0.963. The van der Waals surface area contributed by atoms with E-state index in [1.807, 2.05) is 26.0 Å². The maximum Gasteiger partial charge on any atom is 0.303 e. The average molecular weight is 510 g/mol. The zero-order valence-corrected chi connectivity index (χ0v) is 21.3. The van der Waals surface area contributed by atoms with Gasteiger partial charge in [-0.15, -0.1) is 0 Å². The van der Waals surface area contributed by atoms with Crippen LogP contribution >= 0.6 is 0 Å². The Morgan fingerprint density at radius 2 is 1.89 bits per heavy atom. The Labute approximate surface area is 215 Å². The number of halogens is 1. The van der Waals surface area contributed by atoms with E-state index in [0.29, 0.717) is 48.8 Å². The summed E-state index contributed by atoms with van der Waals surface area (Å²) < 4.78 is 26.7. The topological polar surface area (TPSA) is 93.1 Å². The van der Waals surface area contributed by atoms with Gasteiger partial charge in [0, 0.05) is 31.4 Å². The molecule has 7 nitrogen and oxygen atoms in total. The number of carbonyl (C=O) groups is 3. The molecule has 2 aromatic rings. The van der Waals surface area contributed by atoms with Gasteiger partial charge in [-0.05, 0) is 65.5 Å². The van der Waals surface area contributed by atoms with Crippen molar-refractivity contribution in [3.05, 3.63) is 57.9 Å². The lowest BCUT2D eigenvalue weighted by atomic mass is 9.84. The summed E-state index contributed by atoms with van der Waals surface area (Å²) in [5, 5.41) is 8.97. The summed E-state index contributed by atoms with van der Waals surface area (Å²) in [7, 11) is 0. The van der Waals surface area contributed by atoms with Gasteiger partial charge in [0.05, 0.1) is 0 Å². The first-order valence-corrected chi connectivity index (χ1v) is 12.9. The molecule has 196 valence electrons. The highest BCUT2D eigenvalue weighted by Gasteiger charge is 2.39. The second kappa shape index (κ2) is 9.80. The monoisotopic (exact) mass is 509 g/mol. The summed E-state index contributed by atoms with van der Waals surface area (Å²) in [6, 6.07) is 6.11. The number of nitrogens with zero attached hydrogens (tertiary/aromatic N) is 1. The molecule has 2 aliphatic heterocycles. The van der Waals surface area contributed by atoms with Crippen molar-refractivity contribution in [2.24, 2.45) is 0 Å². The number of ketones is 1. The largest absolute Gasteiger partial charge is 0.486 e. The Balaban J connectivity index is 1.47. The first-order valence-electron chi connectivity index (χ1n) is 12.9. The fourth-order valence-electron chi connectivity index (χ4n) is 6.04. The van der Waals surface area contributed by atoms with Crippen LogP contribution in [0.25, 0.3) is 0 Å². The van der Waals surface area contributed by atoms with Crippen molar-refractivity contribution in [2.75, 3.05) is 19.8 Å². The lowest BCUT2D eigenvalue weighted by Gasteiger charge is -2.38. The Bertz CT molecular complexity index is 1270. The second-order valence-corrected chi connectivity index (χ2v) is 10.8. The number of hydrogen-bond donors (Lipinski definition) is 1. The first kappa shape index (κ1) is 25.2. The summed E-state index contributed by atoms with van der Waals surface area (Å²) in [6.07, 6.45) is 2.24. The van der Waals surface area contributed by atoms with Gasteiger partial charge in [-0.25, -0.2) is 4.39 Å². The molecular formula is C29H32FNO6. The van der Waals surface area contributed by atoms with Crippen LogP contribution in [-0.4, -0.2) is 47.4 Å². The van der Waals surface area contributed by atoms with Crippen LogP contribution in [0.1, 0.15) is 73.4 Å². The molecule has 1 N–H and O–H groups in total. The number of carboxylic acids is 1. The van der Waals surface area contributed by atoms with Crippen LogP contribution in [-0.2, 0) is 39.1 Å². The molecule has 0 radical (unpaired) electrons. The molecular weight excluding hydrogens is 477 g/mol. The predicted octanol–water partition coefficient (Wildman–Crippen LogP) is 4.31. The Kier molecular flexibility index (Phi) is 6.68. The van der Waals surface area contributed by atoms with E-state index in [2.05, 4.69) is 0 Å². The molecule has 37 heavy (non-hydrogen) atoms. The fourth-order valence-corrected chi connectivity index (χ4v) is 6.04. The van der Waals surface area contributed by atoms with Gasteiger partial charge < -0.3 is 19.5 Å². The van der Waals surface area contributed by atoms with E-state index in [4.69, 9.17) is 14.6 Å². The molecule has 5 rings (SSSR count). The lowest BCUT2D eigenvalue weighted by molar-refractivity contribution is -0.141. The highest BCUT2D eigenvalue weighted by Crippen LogP contribution is 2.44. The van der Waals surface area contributed by atoms with Crippen LogP contribution in [0.15, 0.2) is 24.3 Å². The van der Waals surface area contributed by atoms with Gasteiger partial charge in [0.15, 0.2) is 17.3 Å². The van der Waals surface area contributed by atoms with Crippen molar-refractivity contribution >= 4 is 17.7 Å². The minimum Gasteiger partial charge on any atom is -0.486 e. The van der Waals surface area contributed by atoms with Gasteiger partial charge in [0.25, 0.3) is 0 Å².